The third-order valence-electron chi connectivity index (χ3n) is 2.38. The molecule has 0 amide bonds. The molecule has 0 aromatic carbocycles. The summed E-state index contributed by atoms with van der Waals surface area (Å²) in [6.45, 7) is 6.90. The second-order valence-electron chi connectivity index (χ2n) is 4.45. The molecule has 2 unspecified atom stereocenters. The number of hydrogen-bond donors (Lipinski definition) is 1. The minimum absolute atomic E-state index is 0.326. The van der Waals surface area contributed by atoms with Gasteiger partial charge in [-0.2, -0.15) is 0 Å². The lowest BCUT2D eigenvalue weighted by Gasteiger charge is -2.14. The smallest absolute Gasteiger partial charge is 0.0813 e. The highest BCUT2D eigenvalue weighted by atomic mass is 16.5. The van der Waals surface area contributed by atoms with Crippen molar-refractivity contribution in [3.63, 3.8) is 0 Å². The maximum Gasteiger partial charge on any atom is 0.0813 e. The summed E-state index contributed by atoms with van der Waals surface area (Å²) in [4.78, 5) is 0. The van der Waals surface area contributed by atoms with Gasteiger partial charge < -0.3 is 14.8 Å². The lowest BCUT2D eigenvalue weighted by molar-refractivity contribution is -0.0192. The molecule has 1 aliphatic rings. The van der Waals surface area contributed by atoms with Crippen molar-refractivity contribution < 1.29 is 9.47 Å². The van der Waals surface area contributed by atoms with Gasteiger partial charge in [-0.3, -0.25) is 0 Å². The highest BCUT2D eigenvalue weighted by molar-refractivity contribution is 4.74. The van der Waals surface area contributed by atoms with Crippen molar-refractivity contribution in [1.29, 1.82) is 0 Å². The Balaban J connectivity index is 2.04. The van der Waals surface area contributed by atoms with Crippen LogP contribution in [0.4, 0.5) is 0 Å². The first kappa shape index (κ1) is 12.0. The highest BCUT2D eigenvalue weighted by Crippen LogP contribution is 2.19. The summed E-state index contributed by atoms with van der Waals surface area (Å²) in [5.74, 6) is 0.615. The van der Waals surface area contributed by atoms with Crippen LogP contribution >= 0.6 is 0 Å². The van der Waals surface area contributed by atoms with Gasteiger partial charge in [0, 0.05) is 13.2 Å². The lowest BCUT2D eigenvalue weighted by Crippen LogP contribution is -2.25. The van der Waals surface area contributed by atoms with Crippen LogP contribution in [0.1, 0.15) is 26.7 Å². The van der Waals surface area contributed by atoms with Crippen molar-refractivity contribution >= 4 is 0 Å². The Bertz CT molecular complexity index is 150. The van der Waals surface area contributed by atoms with Crippen molar-refractivity contribution in [2.45, 2.75) is 38.9 Å². The van der Waals surface area contributed by atoms with Crippen LogP contribution < -0.4 is 5.32 Å². The molecule has 1 heterocycles. The van der Waals surface area contributed by atoms with E-state index in [4.69, 9.17) is 9.47 Å². The van der Waals surface area contributed by atoms with Crippen LogP contribution in [-0.2, 0) is 9.47 Å². The summed E-state index contributed by atoms with van der Waals surface area (Å²) < 4.78 is 11.4. The van der Waals surface area contributed by atoms with Crippen LogP contribution in [0.25, 0.3) is 0 Å². The third-order valence-corrected chi connectivity index (χ3v) is 2.38. The van der Waals surface area contributed by atoms with Crippen molar-refractivity contribution in [2.75, 3.05) is 26.8 Å². The number of hydrogen-bond acceptors (Lipinski definition) is 3. The molecule has 1 fully saturated rings. The van der Waals surface area contributed by atoms with E-state index in [2.05, 4.69) is 19.2 Å². The molecule has 0 saturated carbocycles. The Labute approximate surface area is 87.2 Å². The van der Waals surface area contributed by atoms with Crippen molar-refractivity contribution in [2.24, 2.45) is 5.92 Å². The van der Waals surface area contributed by atoms with E-state index in [-0.39, 0.29) is 0 Å². The molecule has 14 heavy (non-hydrogen) atoms. The average molecular weight is 201 g/mol. The van der Waals surface area contributed by atoms with Crippen molar-refractivity contribution in [1.82, 2.24) is 5.32 Å². The molecular weight excluding hydrogens is 178 g/mol. The van der Waals surface area contributed by atoms with E-state index in [9.17, 15) is 0 Å². The number of likely N-dealkylation sites (N-methyl/N-ethyl adjacent to an activating group) is 1. The summed E-state index contributed by atoms with van der Waals surface area (Å²) in [5.41, 5.74) is 0. The largest absolute Gasteiger partial charge is 0.378 e. The summed E-state index contributed by atoms with van der Waals surface area (Å²) in [6.07, 6.45) is 3.03. The maximum absolute atomic E-state index is 5.80. The molecule has 1 N–H and O–H groups in total. The lowest BCUT2D eigenvalue weighted by atomic mass is 10.2. The molecular formula is C11H23NO2. The van der Waals surface area contributed by atoms with Crippen LogP contribution in [-0.4, -0.2) is 39.0 Å². The van der Waals surface area contributed by atoms with Gasteiger partial charge in [0.25, 0.3) is 0 Å². The van der Waals surface area contributed by atoms with Gasteiger partial charge >= 0.3 is 0 Å². The fourth-order valence-corrected chi connectivity index (χ4v) is 1.72. The second kappa shape index (κ2) is 6.38. The van der Waals surface area contributed by atoms with Crippen molar-refractivity contribution in [3.05, 3.63) is 0 Å². The van der Waals surface area contributed by atoms with Gasteiger partial charge in [0.2, 0.25) is 0 Å². The Morgan fingerprint density at radius 3 is 2.71 bits per heavy atom. The average Bonchev–Trinajstić information content (AvgIpc) is 2.53. The van der Waals surface area contributed by atoms with Gasteiger partial charge in [-0.1, -0.05) is 13.8 Å². The molecule has 3 nitrogen and oxygen atoms in total. The van der Waals surface area contributed by atoms with Crippen LogP contribution in [0.3, 0.4) is 0 Å². The maximum atomic E-state index is 5.80. The molecule has 0 bridgehead atoms. The predicted molar refractivity (Wildman–Crippen MR) is 57.5 cm³/mol. The van der Waals surface area contributed by atoms with Crippen LogP contribution in [0.15, 0.2) is 0 Å². The summed E-state index contributed by atoms with van der Waals surface area (Å²) in [6, 6.07) is 0. The van der Waals surface area contributed by atoms with Gasteiger partial charge in [0.15, 0.2) is 0 Å². The molecule has 0 aromatic rings. The fourth-order valence-electron chi connectivity index (χ4n) is 1.72. The van der Waals surface area contributed by atoms with Crippen LogP contribution in [0, 0.1) is 5.92 Å². The normalized spacial score (nSPS) is 27.4. The zero-order valence-electron chi connectivity index (χ0n) is 9.58. The van der Waals surface area contributed by atoms with E-state index in [1.165, 1.54) is 0 Å². The monoisotopic (exact) mass is 201 g/mol. The van der Waals surface area contributed by atoms with Gasteiger partial charge in [0.05, 0.1) is 18.8 Å². The number of ether oxygens (including phenoxy) is 2. The van der Waals surface area contributed by atoms with Gasteiger partial charge in [0.1, 0.15) is 0 Å². The second-order valence-corrected chi connectivity index (χ2v) is 4.45. The molecule has 3 heteroatoms. The van der Waals surface area contributed by atoms with Crippen LogP contribution in [0.5, 0.6) is 0 Å². The number of rotatable bonds is 6. The van der Waals surface area contributed by atoms with E-state index in [0.29, 0.717) is 18.1 Å². The Hall–Kier alpha value is -0.120. The topological polar surface area (TPSA) is 30.5 Å². The van der Waals surface area contributed by atoms with Gasteiger partial charge in [-0.15, -0.1) is 0 Å². The summed E-state index contributed by atoms with van der Waals surface area (Å²) in [7, 11) is 1.96. The van der Waals surface area contributed by atoms with Crippen molar-refractivity contribution in [3.8, 4) is 0 Å². The quantitative estimate of drug-likeness (QED) is 0.705. The van der Waals surface area contributed by atoms with Gasteiger partial charge in [-0.05, 0) is 25.8 Å². The Kier molecular flexibility index (Phi) is 5.45. The zero-order valence-corrected chi connectivity index (χ0v) is 9.58. The first-order valence-electron chi connectivity index (χ1n) is 5.60. The molecule has 1 saturated heterocycles. The van der Waals surface area contributed by atoms with E-state index >= 15 is 0 Å². The van der Waals surface area contributed by atoms with E-state index in [1.807, 2.05) is 7.05 Å². The van der Waals surface area contributed by atoms with E-state index in [0.717, 1.165) is 32.6 Å². The zero-order chi connectivity index (χ0) is 10.4. The minimum atomic E-state index is 0.326. The Morgan fingerprint density at radius 2 is 2.07 bits per heavy atom. The van der Waals surface area contributed by atoms with E-state index in [1.54, 1.807) is 0 Å². The van der Waals surface area contributed by atoms with Gasteiger partial charge in [-0.25, -0.2) is 0 Å². The SMILES string of the molecule is CNCC1CCC(COCC(C)C)O1. The molecule has 0 aromatic heterocycles. The predicted octanol–water partition coefficient (Wildman–Crippen LogP) is 1.43. The molecule has 0 spiro atoms. The molecule has 0 radical (unpaired) electrons. The first-order chi connectivity index (χ1) is 6.72. The molecule has 0 aliphatic carbocycles. The summed E-state index contributed by atoms with van der Waals surface area (Å²) >= 11 is 0. The minimum Gasteiger partial charge on any atom is -0.378 e. The summed E-state index contributed by atoms with van der Waals surface area (Å²) in [5, 5.41) is 3.14. The molecule has 84 valence electrons. The Morgan fingerprint density at radius 1 is 1.36 bits per heavy atom. The standard InChI is InChI=1S/C11H23NO2/c1-9(2)7-13-8-11-5-4-10(14-11)6-12-3/h9-12H,4-8H2,1-3H3. The molecule has 2 atom stereocenters. The molecule has 1 rings (SSSR count). The highest BCUT2D eigenvalue weighted by Gasteiger charge is 2.24. The first-order valence-corrected chi connectivity index (χ1v) is 5.60. The number of nitrogens with one attached hydrogen (secondary N) is 1. The fraction of sp³-hybridized carbons (Fsp3) is 1.00. The third kappa shape index (κ3) is 4.40. The molecule has 1 aliphatic heterocycles. The van der Waals surface area contributed by atoms with Crippen LogP contribution in [0.2, 0.25) is 0 Å². The van der Waals surface area contributed by atoms with E-state index < -0.39 is 0 Å².